The van der Waals surface area contributed by atoms with Crippen molar-refractivity contribution in [2.24, 2.45) is 0 Å². The molecule has 0 saturated carbocycles. The molecule has 0 aromatic heterocycles. The molecule has 0 saturated heterocycles. The lowest BCUT2D eigenvalue weighted by Crippen LogP contribution is -2.37. The zero-order valence-corrected chi connectivity index (χ0v) is 50.7. The van der Waals surface area contributed by atoms with Crippen molar-refractivity contribution in [3.8, 4) is 0 Å². The fourth-order valence-electron chi connectivity index (χ4n) is 7.39. The maximum Gasteiger partial charge on any atom is 0.306 e. The summed E-state index contributed by atoms with van der Waals surface area (Å²) in [4.78, 5) is 37.9. The van der Waals surface area contributed by atoms with Crippen molar-refractivity contribution in [3.05, 3.63) is 158 Å². The molecule has 0 spiro atoms. The van der Waals surface area contributed by atoms with Crippen LogP contribution in [0.3, 0.4) is 0 Å². The van der Waals surface area contributed by atoms with Gasteiger partial charge in [-0.2, -0.15) is 0 Å². The summed E-state index contributed by atoms with van der Waals surface area (Å²) in [5.41, 5.74) is 0. The summed E-state index contributed by atoms with van der Waals surface area (Å²) < 4.78 is 34.1. The van der Waals surface area contributed by atoms with Crippen LogP contribution in [0.2, 0.25) is 0 Å². The molecule has 0 bridgehead atoms. The molecule has 0 aromatic carbocycles. The highest BCUT2D eigenvalue weighted by atomic mass is 31.2. The molecule has 0 fully saturated rings. The van der Waals surface area contributed by atoms with Crippen molar-refractivity contribution in [3.63, 3.8) is 0 Å². The number of carbonyl (C=O) groups is 2. The van der Waals surface area contributed by atoms with E-state index in [1.54, 1.807) is 0 Å². The number of hydrogen-bond donors (Lipinski definition) is 0. The van der Waals surface area contributed by atoms with Gasteiger partial charge in [0.25, 0.3) is 7.82 Å². The van der Waals surface area contributed by atoms with Crippen LogP contribution in [0.15, 0.2) is 158 Å². The van der Waals surface area contributed by atoms with Crippen LogP contribution in [0.1, 0.15) is 206 Å². The number of phosphoric acid groups is 1. The molecule has 9 nitrogen and oxygen atoms in total. The molecule has 0 aliphatic rings. The molecule has 2 atom stereocenters. The largest absolute Gasteiger partial charge is 0.756 e. The van der Waals surface area contributed by atoms with Crippen LogP contribution in [0, 0.1) is 0 Å². The lowest BCUT2D eigenvalue weighted by Gasteiger charge is -2.28. The van der Waals surface area contributed by atoms with Crippen LogP contribution >= 0.6 is 7.82 Å². The average Bonchev–Trinajstić information content (AvgIpc) is 3.41. The quantitative estimate of drug-likeness (QED) is 0.0195. The van der Waals surface area contributed by atoms with Gasteiger partial charge in [0.15, 0.2) is 6.10 Å². The highest BCUT2D eigenvalue weighted by molar-refractivity contribution is 7.45. The summed E-state index contributed by atoms with van der Waals surface area (Å²) in [5, 5.41) is 0. The van der Waals surface area contributed by atoms with Gasteiger partial charge in [0, 0.05) is 12.8 Å². The second kappa shape index (κ2) is 57.3. The predicted octanol–water partition coefficient (Wildman–Crippen LogP) is 18.6. The van der Waals surface area contributed by atoms with Gasteiger partial charge >= 0.3 is 11.9 Å². The second-order valence-corrected chi connectivity index (χ2v) is 22.0. The molecular formula is C68H110NO8P. The van der Waals surface area contributed by atoms with Crippen molar-refractivity contribution < 1.29 is 42.1 Å². The van der Waals surface area contributed by atoms with Gasteiger partial charge in [0.05, 0.1) is 27.7 Å². The minimum absolute atomic E-state index is 0.0514. The van der Waals surface area contributed by atoms with E-state index in [0.29, 0.717) is 23.9 Å². The van der Waals surface area contributed by atoms with Crippen LogP contribution in [-0.2, 0) is 32.7 Å². The van der Waals surface area contributed by atoms with Crippen molar-refractivity contribution in [1.29, 1.82) is 0 Å². The molecule has 0 N–H and O–H groups in total. The number of esters is 2. The Hall–Kier alpha value is -4.37. The first-order valence-electron chi connectivity index (χ1n) is 30.2. The van der Waals surface area contributed by atoms with Crippen molar-refractivity contribution >= 4 is 19.8 Å². The minimum atomic E-state index is -4.67. The highest BCUT2D eigenvalue weighted by Gasteiger charge is 2.21. The summed E-state index contributed by atoms with van der Waals surface area (Å²) in [6, 6.07) is 0. The summed E-state index contributed by atoms with van der Waals surface area (Å²) in [6.45, 7) is 4.02. The molecular weight excluding hydrogens is 990 g/mol. The third kappa shape index (κ3) is 60.9. The summed E-state index contributed by atoms with van der Waals surface area (Å²) in [5.74, 6) is -0.913. The summed E-state index contributed by atoms with van der Waals surface area (Å²) in [7, 11) is 1.10. The first kappa shape index (κ1) is 73.6. The molecule has 2 unspecified atom stereocenters. The van der Waals surface area contributed by atoms with Gasteiger partial charge in [-0.15, -0.1) is 0 Å². The number of phosphoric ester groups is 1. The Morgan fingerprint density at radius 2 is 0.731 bits per heavy atom. The molecule has 0 aliphatic heterocycles. The SMILES string of the molecule is CC/C=C\C/C=C\C/C=C\C/C=C\C/C=C\C/C=C\C/C=C\C/C=C\C/C=C\C/C=C\CCCCC(=O)OC(COC(=O)CCCCCCCC/C=C\C/C=C\C/C=C\CCCCCCC)COP(=O)([O-])OCC[N+](C)(C)C. The zero-order valence-electron chi connectivity index (χ0n) is 49.8. The Morgan fingerprint density at radius 1 is 0.410 bits per heavy atom. The second-order valence-electron chi connectivity index (χ2n) is 20.6. The van der Waals surface area contributed by atoms with Crippen molar-refractivity contribution in [2.45, 2.75) is 213 Å². The molecule has 78 heavy (non-hydrogen) atoms. The fraction of sp³-hybridized carbons (Fsp3) is 0.588. The van der Waals surface area contributed by atoms with Gasteiger partial charge in [0.2, 0.25) is 0 Å². The monoisotopic (exact) mass is 1100 g/mol. The molecule has 0 heterocycles. The van der Waals surface area contributed by atoms with E-state index in [9.17, 15) is 19.0 Å². The van der Waals surface area contributed by atoms with E-state index >= 15 is 0 Å². The number of hydrogen-bond acceptors (Lipinski definition) is 8. The first-order chi connectivity index (χ1) is 38.0. The number of rotatable bonds is 53. The Balaban J connectivity index is 4.33. The van der Waals surface area contributed by atoms with Crippen molar-refractivity contribution in [2.75, 3.05) is 47.5 Å². The van der Waals surface area contributed by atoms with E-state index in [4.69, 9.17) is 18.5 Å². The van der Waals surface area contributed by atoms with Gasteiger partial charge in [-0.3, -0.25) is 14.2 Å². The number of carbonyl (C=O) groups excluding carboxylic acids is 2. The van der Waals surface area contributed by atoms with Crippen LogP contribution < -0.4 is 4.89 Å². The topological polar surface area (TPSA) is 111 Å². The van der Waals surface area contributed by atoms with E-state index in [1.807, 2.05) is 21.1 Å². The van der Waals surface area contributed by atoms with Gasteiger partial charge in [0.1, 0.15) is 19.8 Å². The molecule has 10 heteroatoms. The van der Waals surface area contributed by atoms with Crippen LogP contribution in [0.25, 0.3) is 0 Å². The number of ether oxygens (including phenoxy) is 2. The molecule has 0 aromatic rings. The lowest BCUT2D eigenvalue weighted by atomic mass is 10.1. The highest BCUT2D eigenvalue weighted by Crippen LogP contribution is 2.38. The number of quaternary nitrogens is 1. The normalized spacial score (nSPS) is 14.4. The molecule has 0 aliphatic carbocycles. The van der Waals surface area contributed by atoms with E-state index in [2.05, 4.69) is 172 Å². The van der Waals surface area contributed by atoms with Gasteiger partial charge in [-0.1, -0.05) is 223 Å². The Morgan fingerprint density at radius 3 is 1.12 bits per heavy atom. The summed E-state index contributed by atoms with van der Waals surface area (Å²) in [6.07, 6.45) is 85.8. The molecule has 0 amide bonds. The van der Waals surface area contributed by atoms with E-state index in [-0.39, 0.29) is 26.1 Å². The van der Waals surface area contributed by atoms with Crippen LogP contribution in [0.4, 0.5) is 0 Å². The van der Waals surface area contributed by atoms with Gasteiger partial charge in [-0.25, -0.2) is 0 Å². The number of nitrogens with zero attached hydrogens (tertiary/aromatic N) is 1. The van der Waals surface area contributed by atoms with E-state index < -0.39 is 32.5 Å². The third-order valence-electron chi connectivity index (χ3n) is 12.0. The maximum atomic E-state index is 12.8. The fourth-order valence-corrected chi connectivity index (χ4v) is 8.12. The summed E-state index contributed by atoms with van der Waals surface area (Å²) >= 11 is 0. The number of unbranched alkanes of at least 4 members (excludes halogenated alkanes) is 13. The van der Waals surface area contributed by atoms with Gasteiger partial charge in [-0.05, 0) is 128 Å². The Bertz CT molecular complexity index is 1870. The predicted molar refractivity (Wildman–Crippen MR) is 332 cm³/mol. The zero-order chi connectivity index (χ0) is 57.0. The van der Waals surface area contributed by atoms with Crippen LogP contribution in [-0.4, -0.2) is 70.0 Å². The first-order valence-corrected chi connectivity index (χ1v) is 31.7. The lowest BCUT2D eigenvalue weighted by molar-refractivity contribution is -0.870. The minimum Gasteiger partial charge on any atom is -0.756 e. The van der Waals surface area contributed by atoms with Crippen LogP contribution in [0.5, 0.6) is 0 Å². The smallest absolute Gasteiger partial charge is 0.306 e. The molecule has 0 radical (unpaired) electrons. The molecule has 440 valence electrons. The van der Waals surface area contributed by atoms with Crippen molar-refractivity contribution in [1.82, 2.24) is 0 Å². The maximum absolute atomic E-state index is 12.8. The average molecular weight is 1100 g/mol. The Kier molecular flexibility index (Phi) is 54.1. The Labute approximate surface area is 477 Å². The van der Waals surface area contributed by atoms with E-state index in [0.717, 1.165) is 128 Å². The number of allylic oxidation sites excluding steroid dienone is 26. The standard InChI is InChI=1S/C68H110NO8P/c1-6-8-10-12-14-16-18-20-22-24-26-28-29-30-31-32-33-34-35-36-37-38-39-41-43-45-47-49-51-53-55-57-59-61-68(71)77-66(65-76-78(72,73)75-63-62-69(3,4)5)64-74-67(70)60-58-56-54-52-50-48-46-44-42-40-27-25-23-21-19-17-15-13-11-9-7-2/h8,10,14,16,19-22,25-28,30-31,33-34,36-37,39,41-42,44-45,47,51,53,66H,6-7,9,11-13,15,17-18,23-24,29,32,35,38,40,43,46,48-50,52,54-65H2,1-5H3/b10-8-,16-14-,21-19-,22-20-,27-25-,28-26-,31-30-,34-33-,37-36-,41-39-,44-42-,47-45-,53-51-. The van der Waals surface area contributed by atoms with E-state index in [1.165, 1.54) is 38.5 Å². The van der Waals surface area contributed by atoms with Gasteiger partial charge < -0.3 is 27.9 Å². The third-order valence-corrected chi connectivity index (χ3v) is 13.0. The molecule has 0 rings (SSSR count). The number of likely N-dealkylation sites (N-methyl/N-ethyl adjacent to an activating group) is 1.